The molecule has 0 aliphatic carbocycles. The molecule has 0 spiro atoms. The van der Waals surface area contributed by atoms with E-state index in [9.17, 15) is 4.79 Å². The van der Waals surface area contributed by atoms with Crippen LogP contribution in [0.1, 0.15) is 21.8 Å². The molecule has 0 aliphatic rings. The summed E-state index contributed by atoms with van der Waals surface area (Å²) in [5.41, 5.74) is 2.46. The topological polar surface area (TPSA) is 69.3 Å². The summed E-state index contributed by atoms with van der Waals surface area (Å²) in [5.74, 6) is 1.54. The molecular weight excluding hydrogens is 282 g/mol. The van der Waals surface area contributed by atoms with Crippen LogP contribution in [0.5, 0.6) is 5.75 Å². The molecular formula is C16H17N3O3. The van der Waals surface area contributed by atoms with Gasteiger partial charge in [0.25, 0.3) is 5.91 Å². The van der Waals surface area contributed by atoms with Crippen molar-refractivity contribution in [3.63, 3.8) is 0 Å². The molecule has 3 rings (SSSR count). The zero-order valence-corrected chi connectivity index (χ0v) is 12.9. The van der Waals surface area contributed by atoms with Gasteiger partial charge in [0.1, 0.15) is 11.5 Å². The highest BCUT2D eigenvalue weighted by molar-refractivity contribution is 6.14. The minimum Gasteiger partial charge on any atom is -0.497 e. The number of carbonyl (C=O) groups excluding carboxylic acids is 1. The molecule has 0 bridgehead atoms. The molecule has 0 unspecified atom stereocenters. The van der Waals surface area contributed by atoms with Gasteiger partial charge in [-0.15, -0.1) is 0 Å². The molecule has 6 heteroatoms. The van der Waals surface area contributed by atoms with Crippen LogP contribution in [0.25, 0.3) is 10.9 Å². The first kappa shape index (κ1) is 14.2. The monoisotopic (exact) mass is 299 g/mol. The zero-order valence-electron chi connectivity index (χ0n) is 12.9. The Morgan fingerprint density at radius 1 is 1.32 bits per heavy atom. The van der Waals surface area contributed by atoms with Gasteiger partial charge in [-0.1, -0.05) is 5.16 Å². The lowest BCUT2D eigenvalue weighted by molar-refractivity contribution is 0.102. The average molecular weight is 299 g/mol. The molecule has 0 saturated heterocycles. The molecule has 0 fully saturated rings. The average Bonchev–Trinajstić information content (AvgIpc) is 3.01. The Morgan fingerprint density at radius 3 is 2.73 bits per heavy atom. The van der Waals surface area contributed by atoms with Gasteiger partial charge in [-0.25, -0.2) is 0 Å². The van der Waals surface area contributed by atoms with Crippen molar-refractivity contribution in [2.45, 2.75) is 13.8 Å². The smallest absolute Gasteiger partial charge is 0.259 e. The fraction of sp³-hybridized carbons (Fsp3) is 0.250. The Morgan fingerprint density at radius 2 is 2.09 bits per heavy atom. The van der Waals surface area contributed by atoms with Crippen molar-refractivity contribution in [3.8, 4) is 5.75 Å². The maximum Gasteiger partial charge on any atom is 0.259 e. The van der Waals surface area contributed by atoms with Crippen molar-refractivity contribution >= 4 is 22.6 Å². The number of nitrogens with one attached hydrogen (secondary N) is 1. The van der Waals surface area contributed by atoms with Gasteiger partial charge in [-0.3, -0.25) is 4.79 Å². The zero-order chi connectivity index (χ0) is 15.9. The molecule has 2 heterocycles. The molecule has 0 aliphatic heterocycles. The van der Waals surface area contributed by atoms with E-state index in [-0.39, 0.29) is 5.91 Å². The van der Waals surface area contributed by atoms with Gasteiger partial charge in [0.15, 0.2) is 5.82 Å². The molecule has 22 heavy (non-hydrogen) atoms. The van der Waals surface area contributed by atoms with Crippen LogP contribution in [0.2, 0.25) is 0 Å². The largest absolute Gasteiger partial charge is 0.497 e. The first-order valence-electron chi connectivity index (χ1n) is 6.89. The fourth-order valence-electron chi connectivity index (χ4n) is 2.57. The van der Waals surface area contributed by atoms with Gasteiger partial charge in [-0.05, 0) is 32.0 Å². The van der Waals surface area contributed by atoms with E-state index in [4.69, 9.17) is 9.26 Å². The lowest BCUT2D eigenvalue weighted by Crippen LogP contribution is -2.13. The van der Waals surface area contributed by atoms with Crippen molar-refractivity contribution in [2.24, 2.45) is 7.05 Å². The SMILES string of the molecule is COc1ccc2c(c1)c(C(=O)Nc1cc(C)on1)c(C)n2C. The molecule has 1 aromatic carbocycles. The van der Waals surface area contributed by atoms with Crippen LogP contribution in [0.15, 0.2) is 28.8 Å². The number of rotatable bonds is 3. The van der Waals surface area contributed by atoms with E-state index in [1.54, 1.807) is 20.1 Å². The highest BCUT2D eigenvalue weighted by Gasteiger charge is 2.20. The number of anilines is 1. The quantitative estimate of drug-likeness (QED) is 0.807. The van der Waals surface area contributed by atoms with Gasteiger partial charge in [0.2, 0.25) is 0 Å². The van der Waals surface area contributed by atoms with E-state index in [1.807, 2.05) is 36.7 Å². The van der Waals surface area contributed by atoms with Gasteiger partial charge < -0.3 is 19.1 Å². The van der Waals surface area contributed by atoms with Crippen molar-refractivity contribution in [2.75, 3.05) is 12.4 Å². The normalized spacial score (nSPS) is 10.9. The number of fused-ring (bicyclic) bond motifs is 1. The summed E-state index contributed by atoms with van der Waals surface area (Å²) in [5, 5.41) is 7.40. The van der Waals surface area contributed by atoms with Gasteiger partial charge >= 0.3 is 0 Å². The van der Waals surface area contributed by atoms with Gasteiger partial charge in [-0.2, -0.15) is 0 Å². The number of ether oxygens (including phenoxy) is 1. The number of carbonyl (C=O) groups is 1. The van der Waals surface area contributed by atoms with E-state index in [1.165, 1.54) is 0 Å². The van der Waals surface area contributed by atoms with Crippen molar-refractivity contribution < 1.29 is 14.1 Å². The Balaban J connectivity index is 2.08. The summed E-state index contributed by atoms with van der Waals surface area (Å²) in [6, 6.07) is 7.37. The number of amides is 1. The minimum atomic E-state index is -0.218. The predicted octanol–water partition coefficient (Wildman–Crippen LogP) is 3.04. The number of aryl methyl sites for hydroxylation is 2. The number of methoxy groups -OCH3 is 1. The van der Waals surface area contributed by atoms with E-state index in [0.717, 1.165) is 16.6 Å². The number of hydrogen-bond acceptors (Lipinski definition) is 4. The van der Waals surface area contributed by atoms with Crippen molar-refractivity contribution in [1.82, 2.24) is 9.72 Å². The molecule has 2 aromatic heterocycles. The summed E-state index contributed by atoms with van der Waals surface area (Å²) >= 11 is 0. The lowest BCUT2D eigenvalue weighted by Gasteiger charge is -2.03. The van der Waals surface area contributed by atoms with E-state index in [0.29, 0.717) is 22.9 Å². The van der Waals surface area contributed by atoms with Gasteiger partial charge in [0.05, 0.1) is 12.7 Å². The number of aromatic nitrogens is 2. The first-order valence-corrected chi connectivity index (χ1v) is 6.89. The van der Waals surface area contributed by atoms with Crippen molar-refractivity contribution in [1.29, 1.82) is 0 Å². The van der Waals surface area contributed by atoms with Crippen molar-refractivity contribution in [3.05, 3.63) is 41.3 Å². The molecule has 0 saturated carbocycles. The predicted molar refractivity (Wildman–Crippen MR) is 83.4 cm³/mol. The van der Waals surface area contributed by atoms with Crippen LogP contribution in [0, 0.1) is 13.8 Å². The molecule has 1 amide bonds. The molecule has 114 valence electrons. The highest BCUT2D eigenvalue weighted by atomic mass is 16.5. The van der Waals surface area contributed by atoms with Crippen LogP contribution in [-0.2, 0) is 7.05 Å². The number of benzene rings is 1. The maximum absolute atomic E-state index is 12.6. The minimum absolute atomic E-state index is 0.218. The van der Waals surface area contributed by atoms with E-state index < -0.39 is 0 Å². The lowest BCUT2D eigenvalue weighted by atomic mass is 10.1. The van der Waals surface area contributed by atoms with Crippen LogP contribution in [0.4, 0.5) is 5.82 Å². The third-order valence-corrected chi connectivity index (χ3v) is 3.80. The second kappa shape index (κ2) is 5.22. The second-order valence-electron chi connectivity index (χ2n) is 5.18. The van der Waals surface area contributed by atoms with Gasteiger partial charge in [0, 0.05) is 29.7 Å². The summed E-state index contributed by atoms with van der Waals surface area (Å²) in [6.45, 7) is 3.69. The Kier molecular flexibility index (Phi) is 3.36. The molecule has 0 radical (unpaired) electrons. The Bertz CT molecular complexity index is 861. The summed E-state index contributed by atoms with van der Waals surface area (Å²) < 4.78 is 12.2. The highest BCUT2D eigenvalue weighted by Crippen LogP contribution is 2.29. The number of nitrogens with zero attached hydrogens (tertiary/aromatic N) is 2. The summed E-state index contributed by atoms with van der Waals surface area (Å²) in [7, 11) is 3.54. The molecule has 3 aromatic rings. The van der Waals surface area contributed by atoms with Crippen LogP contribution in [-0.4, -0.2) is 22.7 Å². The summed E-state index contributed by atoms with van der Waals surface area (Å²) in [4.78, 5) is 12.6. The Hall–Kier alpha value is -2.76. The molecule has 6 nitrogen and oxygen atoms in total. The van der Waals surface area contributed by atoms with E-state index >= 15 is 0 Å². The second-order valence-corrected chi connectivity index (χ2v) is 5.18. The molecule has 1 N–H and O–H groups in total. The van der Waals surface area contributed by atoms with Crippen LogP contribution < -0.4 is 10.1 Å². The number of hydrogen-bond donors (Lipinski definition) is 1. The van der Waals surface area contributed by atoms with E-state index in [2.05, 4.69) is 10.5 Å². The summed E-state index contributed by atoms with van der Waals surface area (Å²) in [6.07, 6.45) is 0. The standard InChI is InChI=1S/C16H17N3O3/c1-9-7-14(18-22-9)17-16(20)15-10(2)19(3)13-6-5-11(21-4)8-12(13)15/h5-8H,1-4H3,(H,17,18,20). The fourth-order valence-corrected chi connectivity index (χ4v) is 2.57. The third kappa shape index (κ3) is 2.22. The van der Waals surface area contributed by atoms with Crippen LogP contribution in [0.3, 0.4) is 0 Å². The van der Waals surface area contributed by atoms with Crippen LogP contribution >= 0.6 is 0 Å². The molecule has 0 atom stereocenters. The third-order valence-electron chi connectivity index (χ3n) is 3.80. The maximum atomic E-state index is 12.6. The first-order chi connectivity index (χ1) is 10.5. The Labute approximate surface area is 127 Å².